The molecule has 4 atom stereocenters. The Hall–Kier alpha value is -4.27. The summed E-state index contributed by atoms with van der Waals surface area (Å²) >= 11 is 0. The van der Waals surface area contributed by atoms with Gasteiger partial charge in [-0.15, -0.1) is 0 Å². The van der Waals surface area contributed by atoms with Crippen LogP contribution in [-0.2, 0) is 36.8 Å². The lowest BCUT2D eigenvalue weighted by Gasteiger charge is -2.25. The highest BCUT2D eigenvalue weighted by Gasteiger charge is 2.31. The van der Waals surface area contributed by atoms with Gasteiger partial charge in [0.2, 0.25) is 17.7 Å². The molecule has 0 aliphatic rings. The van der Waals surface area contributed by atoms with Crippen molar-refractivity contribution < 1.29 is 34.2 Å². The van der Waals surface area contributed by atoms with Crippen molar-refractivity contribution in [2.24, 2.45) is 11.7 Å². The number of carboxylic acid groups (broad SMARTS) is 2. The van der Waals surface area contributed by atoms with Gasteiger partial charge < -0.3 is 41.9 Å². The fraction of sp³-hybridized carbons (Fsp3) is 0.522. The summed E-state index contributed by atoms with van der Waals surface area (Å²) in [5, 5.41) is 26.1. The van der Waals surface area contributed by atoms with Crippen molar-refractivity contribution in [2.75, 3.05) is 0 Å². The number of hydrogen-bond donors (Lipinski definition) is 8. The van der Waals surface area contributed by atoms with Crippen molar-refractivity contribution in [3.05, 3.63) is 36.4 Å². The Labute approximate surface area is 218 Å². The van der Waals surface area contributed by atoms with E-state index >= 15 is 0 Å². The molecule has 4 unspecified atom stereocenters. The Balaban J connectivity index is 2.20. The molecule has 15 heteroatoms. The van der Waals surface area contributed by atoms with Crippen LogP contribution in [0.4, 0.5) is 0 Å². The molecule has 0 aliphatic carbocycles. The summed E-state index contributed by atoms with van der Waals surface area (Å²) in [6.07, 6.45) is 5.09. The molecule has 0 saturated heterocycles. The van der Waals surface area contributed by atoms with Crippen LogP contribution in [0.1, 0.15) is 44.5 Å². The Bertz CT molecular complexity index is 1070. The smallest absolute Gasteiger partial charge is 0.326 e. The van der Waals surface area contributed by atoms with E-state index in [0.717, 1.165) is 0 Å². The lowest BCUT2D eigenvalue weighted by molar-refractivity contribution is -0.142. The second-order valence-electron chi connectivity index (χ2n) is 9.25. The molecule has 2 aromatic heterocycles. The van der Waals surface area contributed by atoms with Gasteiger partial charge in [0.25, 0.3) is 0 Å². The number of hydrogen-bond acceptors (Lipinski definition) is 8. The van der Waals surface area contributed by atoms with Crippen LogP contribution in [0.5, 0.6) is 0 Å². The molecule has 9 N–H and O–H groups in total. The van der Waals surface area contributed by atoms with Crippen LogP contribution in [0.3, 0.4) is 0 Å². The summed E-state index contributed by atoms with van der Waals surface area (Å²) in [5.41, 5.74) is 6.84. The van der Waals surface area contributed by atoms with Gasteiger partial charge in [-0.25, -0.2) is 14.8 Å². The Morgan fingerprint density at radius 2 is 1.34 bits per heavy atom. The van der Waals surface area contributed by atoms with E-state index < -0.39 is 60.2 Å². The highest BCUT2D eigenvalue weighted by molar-refractivity contribution is 5.94. The predicted molar refractivity (Wildman–Crippen MR) is 132 cm³/mol. The number of aromatic nitrogens is 4. The maximum Gasteiger partial charge on any atom is 0.326 e. The van der Waals surface area contributed by atoms with Crippen molar-refractivity contribution in [3.63, 3.8) is 0 Å². The summed E-state index contributed by atoms with van der Waals surface area (Å²) in [6, 6.07) is -4.83. The zero-order chi connectivity index (χ0) is 28.2. The summed E-state index contributed by atoms with van der Waals surface area (Å²) in [5.74, 6) is -4.64. The van der Waals surface area contributed by atoms with Crippen molar-refractivity contribution >= 4 is 29.7 Å². The first-order chi connectivity index (χ1) is 18.0. The quantitative estimate of drug-likeness (QED) is 0.126. The van der Waals surface area contributed by atoms with E-state index in [9.17, 15) is 29.1 Å². The van der Waals surface area contributed by atoms with E-state index in [1.807, 2.05) is 13.8 Å². The third-order valence-electron chi connectivity index (χ3n) is 5.55. The van der Waals surface area contributed by atoms with Crippen molar-refractivity contribution in [3.8, 4) is 0 Å². The number of nitrogens with zero attached hydrogens (tertiary/aromatic N) is 2. The summed E-state index contributed by atoms with van der Waals surface area (Å²) < 4.78 is 0. The zero-order valence-electron chi connectivity index (χ0n) is 21.1. The average molecular weight is 535 g/mol. The molecule has 0 radical (unpaired) electrons. The predicted octanol–water partition coefficient (Wildman–Crippen LogP) is -1.30. The van der Waals surface area contributed by atoms with Gasteiger partial charge >= 0.3 is 11.9 Å². The van der Waals surface area contributed by atoms with E-state index in [0.29, 0.717) is 17.8 Å². The third kappa shape index (κ3) is 10.0. The molecular weight excluding hydrogens is 500 g/mol. The Kier molecular flexibility index (Phi) is 11.4. The van der Waals surface area contributed by atoms with Crippen LogP contribution in [0.2, 0.25) is 0 Å². The number of H-pyrrole nitrogens is 2. The number of aromatic amines is 2. The molecule has 2 heterocycles. The van der Waals surface area contributed by atoms with E-state index in [4.69, 9.17) is 10.8 Å². The molecule has 0 bridgehead atoms. The average Bonchev–Trinajstić information content (AvgIpc) is 3.54. The molecule has 0 aromatic carbocycles. The van der Waals surface area contributed by atoms with Crippen molar-refractivity contribution in [2.45, 2.75) is 70.1 Å². The molecule has 0 saturated carbocycles. The minimum Gasteiger partial charge on any atom is -0.481 e. The number of nitrogens with two attached hydrogens (primary N) is 1. The van der Waals surface area contributed by atoms with Gasteiger partial charge in [0.05, 0.1) is 18.7 Å². The standard InChI is InChI=1S/C23H34N8O7/c1-12(2)5-15(24)20(34)29-16(3-4-19(32)33)21(35)30-17(6-13-8-25-10-27-13)22(36)31-18(23(37)38)7-14-9-26-11-28-14/h8-12,15-18H,3-7,24H2,1-2H3,(H,25,27)(H,26,28)(H,29,34)(H,30,35)(H,31,36)(H,32,33)(H,37,38). The lowest BCUT2D eigenvalue weighted by atomic mass is 10.0. The molecule has 0 aliphatic heterocycles. The number of rotatable bonds is 16. The van der Waals surface area contributed by atoms with E-state index in [1.165, 1.54) is 25.0 Å². The van der Waals surface area contributed by atoms with E-state index in [2.05, 4.69) is 35.9 Å². The number of carboxylic acids is 2. The first-order valence-corrected chi connectivity index (χ1v) is 12.0. The second kappa shape index (κ2) is 14.5. The Morgan fingerprint density at radius 1 is 0.842 bits per heavy atom. The minimum atomic E-state index is -1.33. The van der Waals surface area contributed by atoms with Gasteiger partial charge in [-0.2, -0.15) is 0 Å². The number of aliphatic carboxylic acids is 2. The van der Waals surface area contributed by atoms with Gasteiger partial charge in [0, 0.05) is 43.0 Å². The van der Waals surface area contributed by atoms with E-state index in [1.54, 1.807) is 0 Å². The minimum absolute atomic E-state index is 0.0829. The van der Waals surface area contributed by atoms with Crippen molar-refractivity contribution in [1.82, 2.24) is 35.9 Å². The van der Waals surface area contributed by atoms with Crippen LogP contribution in [0.25, 0.3) is 0 Å². The second-order valence-corrected chi connectivity index (χ2v) is 9.25. The SMILES string of the molecule is CC(C)CC(N)C(=O)NC(CCC(=O)O)C(=O)NC(Cc1cnc[nH]1)C(=O)NC(Cc1cnc[nH]1)C(=O)O. The molecule has 0 spiro atoms. The number of imidazole rings is 2. The third-order valence-corrected chi connectivity index (χ3v) is 5.55. The largest absolute Gasteiger partial charge is 0.481 e. The molecule has 2 rings (SSSR count). The van der Waals surface area contributed by atoms with Crippen LogP contribution in [0, 0.1) is 5.92 Å². The number of carbonyl (C=O) groups is 5. The summed E-state index contributed by atoms with van der Waals surface area (Å²) in [4.78, 5) is 75.0. The molecular formula is C23H34N8O7. The molecule has 0 fully saturated rings. The highest BCUT2D eigenvalue weighted by Crippen LogP contribution is 2.07. The summed E-state index contributed by atoms with van der Waals surface area (Å²) in [6.45, 7) is 3.74. The van der Waals surface area contributed by atoms with Gasteiger partial charge in [-0.3, -0.25) is 19.2 Å². The van der Waals surface area contributed by atoms with Gasteiger partial charge in [0.1, 0.15) is 18.1 Å². The Morgan fingerprint density at radius 3 is 1.82 bits per heavy atom. The fourth-order valence-corrected chi connectivity index (χ4v) is 3.62. The topological polar surface area (TPSA) is 245 Å². The van der Waals surface area contributed by atoms with Crippen LogP contribution in [-0.4, -0.2) is 84.0 Å². The van der Waals surface area contributed by atoms with E-state index in [-0.39, 0.29) is 25.2 Å². The lowest BCUT2D eigenvalue weighted by Crippen LogP contribution is -2.58. The first kappa shape index (κ1) is 30.0. The van der Waals surface area contributed by atoms with Crippen molar-refractivity contribution in [1.29, 1.82) is 0 Å². The van der Waals surface area contributed by atoms with Gasteiger partial charge in [-0.1, -0.05) is 13.8 Å². The zero-order valence-corrected chi connectivity index (χ0v) is 21.1. The van der Waals surface area contributed by atoms with Gasteiger partial charge in [-0.05, 0) is 18.8 Å². The molecule has 3 amide bonds. The molecule has 2 aromatic rings. The maximum absolute atomic E-state index is 13.2. The summed E-state index contributed by atoms with van der Waals surface area (Å²) in [7, 11) is 0. The maximum atomic E-state index is 13.2. The van der Waals surface area contributed by atoms with Crippen LogP contribution in [0.15, 0.2) is 25.0 Å². The monoisotopic (exact) mass is 534 g/mol. The first-order valence-electron chi connectivity index (χ1n) is 12.0. The number of carbonyl (C=O) groups excluding carboxylic acids is 3. The normalized spacial score (nSPS) is 14.2. The number of nitrogens with one attached hydrogen (secondary N) is 5. The highest BCUT2D eigenvalue weighted by atomic mass is 16.4. The fourth-order valence-electron chi connectivity index (χ4n) is 3.62. The number of amides is 3. The van der Waals surface area contributed by atoms with Crippen LogP contribution < -0.4 is 21.7 Å². The van der Waals surface area contributed by atoms with Crippen LogP contribution >= 0.6 is 0 Å². The molecule has 38 heavy (non-hydrogen) atoms. The van der Waals surface area contributed by atoms with Gasteiger partial charge in [0.15, 0.2) is 0 Å². The molecule has 15 nitrogen and oxygen atoms in total. The molecule has 208 valence electrons.